The minimum Gasteiger partial charge on any atom is -0.258 e. The average molecular weight is 298 g/mol. The van der Waals surface area contributed by atoms with Crippen molar-refractivity contribution in [1.29, 1.82) is 0 Å². The zero-order valence-corrected chi connectivity index (χ0v) is 11.6. The van der Waals surface area contributed by atoms with Crippen LogP contribution in [0.3, 0.4) is 0 Å². The number of rotatable bonds is 3. The molecule has 0 saturated heterocycles. The molecule has 0 bridgehead atoms. The van der Waals surface area contributed by atoms with Gasteiger partial charge in [0.15, 0.2) is 0 Å². The van der Waals surface area contributed by atoms with E-state index >= 15 is 0 Å². The molecule has 0 aliphatic carbocycles. The van der Waals surface area contributed by atoms with Crippen molar-refractivity contribution in [3.05, 3.63) is 75.8 Å². The summed E-state index contributed by atoms with van der Waals surface area (Å²) in [5, 5.41) is 10.3. The van der Waals surface area contributed by atoms with Crippen LogP contribution in [0.5, 0.6) is 0 Å². The van der Waals surface area contributed by atoms with Gasteiger partial charge in [-0.3, -0.25) is 10.1 Å². The van der Waals surface area contributed by atoms with Crippen LogP contribution >= 0.6 is 23.2 Å². The Morgan fingerprint density at radius 2 is 1.47 bits per heavy atom. The van der Waals surface area contributed by atoms with Crippen LogP contribution in [0.25, 0.3) is 0 Å². The molecule has 0 aliphatic heterocycles. The van der Waals surface area contributed by atoms with Gasteiger partial charge in [0, 0.05) is 17.5 Å². The molecular weight excluding hydrogens is 285 g/mol. The highest BCUT2D eigenvalue weighted by atomic mass is 35.5. The van der Waals surface area contributed by atoms with Gasteiger partial charge in [0.2, 0.25) is 0 Å². The largest absolute Gasteiger partial charge is 0.273 e. The number of hydrogen-bond donors (Lipinski definition) is 0. The second kappa shape index (κ2) is 8.51. The highest BCUT2D eigenvalue weighted by Crippen LogP contribution is 2.18. The molecule has 0 saturated carbocycles. The Labute approximate surface area is 121 Å². The summed E-state index contributed by atoms with van der Waals surface area (Å²) in [5.74, 6) is 0.790. The Kier molecular flexibility index (Phi) is 6.93. The molecule has 0 atom stereocenters. The standard InChI is InChI=1S/C7H6ClNO2.C7H7Cl/c8-5-6-3-1-2-4-7(6)9(10)11;8-6-7-4-2-1-3-5-7/h1-4H,5H2;1-5H,6H2. The van der Waals surface area contributed by atoms with E-state index in [-0.39, 0.29) is 11.6 Å². The summed E-state index contributed by atoms with van der Waals surface area (Å²) in [4.78, 5) is 9.89. The molecule has 0 unspecified atom stereocenters. The van der Waals surface area contributed by atoms with Crippen LogP contribution in [-0.2, 0) is 11.8 Å². The number of hydrogen-bond acceptors (Lipinski definition) is 2. The van der Waals surface area contributed by atoms with Crippen molar-refractivity contribution in [2.75, 3.05) is 0 Å². The quantitative estimate of drug-likeness (QED) is 0.466. The lowest BCUT2D eigenvalue weighted by molar-refractivity contribution is -0.385. The van der Waals surface area contributed by atoms with E-state index in [0.717, 1.165) is 0 Å². The molecule has 5 heteroatoms. The highest BCUT2D eigenvalue weighted by molar-refractivity contribution is 6.17. The van der Waals surface area contributed by atoms with Crippen molar-refractivity contribution in [2.45, 2.75) is 11.8 Å². The average Bonchev–Trinajstić information content (AvgIpc) is 2.48. The van der Waals surface area contributed by atoms with E-state index in [2.05, 4.69) is 0 Å². The van der Waals surface area contributed by atoms with E-state index in [1.807, 2.05) is 30.3 Å². The highest BCUT2D eigenvalue weighted by Gasteiger charge is 2.09. The predicted molar refractivity (Wildman–Crippen MR) is 78.7 cm³/mol. The lowest BCUT2D eigenvalue weighted by atomic mass is 10.2. The van der Waals surface area contributed by atoms with Crippen LogP contribution < -0.4 is 0 Å². The fourth-order valence-electron chi connectivity index (χ4n) is 1.37. The minimum absolute atomic E-state index is 0.0856. The van der Waals surface area contributed by atoms with Gasteiger partial charge in [-0.05, 0) is 5.56 Å². The maximum absolute atomic E-state index is 10.3. The molecule has 0 N–H and O–H groups in total. The molecule has 3 nitrogen and oxygen atoms in total. The Bertz CT molecular complexity index is 518. The summed E-state index contributed by atoms with van der Waals surface area (Å²) in [6.45, 7) is 0. The number of para-hydroxylation sites is 1. The zero-order valence-electron chi connectivity index (χ0n) is 10.1. The second-order valence-corrected chi connectivity index (χ2v) is 4.17. The third kappa shape index (κ3) is 5.28. The summed E-state index contributed by atoms with van der Waals surface area (Å²) in [6, 6.07) is 16.4. The van der Waals surface area contributed by atoms with E-state index < -0.39 is 4.92 Å². The first-order valence-corrected chi connectivity index (χ1v) is 6.64. The van der Waals surface area contributed by atoms with Gasteiger partial charge in [0.25, 0.3) is 5.69 Å². The number of halogens is 2. The molecule has 2 rings (SSSR count). The molecule has 0 radical (unpaired) electrons. The molecule has 0 aliphatic rings. The summed E-state index contributed by atoms with van der Waals surface area (Å²) in [6.07, 6.45) is 0. The van der Waals surface area contributed by atoms with Crippen LogP contribution in [0.2, 0.25) is 0 Å². The Hall–Kier alpha value is -1.58. The van der Waals surface area contributed by atoms with Crippen LogP contribution in [0.15, 0.2) is 54.6 Å². The van der Waals surface area contributed by atoms with Crippen molar-refractivity contribution in [2.24, 2.45) is 0 Å². The van der Waals surface area contributed by atoms with E-state index in [4.69, 9.17) is 23.2 Å². The van der Waals surface area contributed by atoms with Gasteiger partial charge < -0.3 is 0 Å². The van der Waals surface area contributed by atoms with Crippen molar-refractivity contribution in [3.8, 4) is 0 Å². The molecule has 2 aromatic carbocycles. The van der Waals surface area contributed by atoms with Gasteiger partial charge in [0.1, 0.15) is 0 Å². The van der Waals surface area contributed by atoms with E-state index in [1.165, 1.54) is 11.6 Å². The molecule has 0 heterocycles. The summed E-state index contributed by atoms with van der Waals surface area (Å²) in [7, 11) is 0. The second-order valence-electron chi connectivity index (χ2n) is 3.64. The number of benzene rings is 2. The summed E-state index contributed by atoms with van der Waals surface area (Å²) >= 11 is 11.0. The van der Waals surface area contributed by atoms with Gasteiger partial charge in [-0.15, -0.1) is 23.2 Å². The summed E-state index contributed by atoms with van der Waals surface area (Å²) < 4.78 is 0. The lowest BCUT2D eigenvalue weighted by Crippen LogP contribution is -1.91. The van der Waals surface area contributed by atoms with E-state index in [1.54, 1.807) is 18.2 Å². The normalized spacial score (nSPS) is 9.37. The zero-order chi connectivity index (χ0) is 14.1. The Balaban J connectivity index is 0.000000200. The molecule has 0 amide bonds. The Morgan fingerprint density at radius 3 is 1.89 bits per heavy atom. The molecule has 19 heavy (non-hydrogen) atoms. The fourth-order valence-corrected chi connectivity index (χ4v) is 1.77. The number of nitro groups is 1. The van der Waals surface area contributed by atoms with Crippen molar-refractivity contribution < 1.29 is 4.92 Å². The van der Waals surface area contributed by atoms with Crippen LogP contribution in [-0.4, -0.2) is 4.92 Å². The first-order valence-electron chi connectivity index (χ1n) is 5.57. The number of nitrogens with zero attached hydrogens (tertiary/aromatic N) is 1. The SMILES string of the molecule is ClCc1ccccc1.O=[N+]([O-])c1ccccc1CCl. The van der Waals surface area contributed by atoms with Gasteiger partial charge in [0.05, 0.1) is 10.8 Å². The number of alkyl halides is 2. The molecule has 2 aromatic rings. The van der Waals surface area contributed by atoms with Gasteiger partial charge in [-0.1, -0.05) is 48.5 Å². The summed E-state index contributed by atoms with van der Waals surface area (Å²) in [5.41, 5.74) is 1.82. The maximum Gasteiger partial charge on any atom is 0.273 e. The van der Waals surface area contributed by atoms with E-state index in [9.17, 15) is 10.1 Å². The van der Waals surface area contributed by atoms with Crippen LogP contribution in [0.4, 0.5) is 5.69 Å². The third-order valence-corrected chi connectivity index (χ3v) is 2.93. The van der Waals surface area contributed by atoms with Crippen LogP contribution in [0.1, 0.15) is 11.1 Å². The van der Waals surface area contributed by atoms with Crippen LogP contribution in [0, 0.1) is 10.1 Å². The Morgan fingerprint density at radius 1 is 0.895 bits per heavy atom. The predicted octanol–water partition coefficient (Wildman–Crippen LogP) is 4.76. The smallest absolute Gasteiger partial charge is 0.258 e. The first kappa shape index (κ1) is 15.5. The topological polar surface area (TPSA) is 43.1 Å². The van der Waals surface area contributed by atoms with Gasteiger partial charge in [-0.2, -0.15) is 0 Å². The van der Waals surface area contributed by atoms with Crippen molar-refractivity contribution >= 4 is 28.9 Å². The van der Waals surface area contributed by atoms with Crippen molar-refractivity contribution in [1.82, 2.24) is 0 Å². The van der Waals surface area contributed by atoms with Crippen molar-refractivity contribution in [3.63, 3.8) is 0 Å². The van der Waals surface area contributed by atoms with Gasteiger partial charge >= 0.3 is 0 Å². The minimum atomic E-state index is -0.433. The molecule has 100 valence electrons. The molecule has 0 aromatic heterocycles. The van der Waals surface area contributed by atoms with Gasteiger partial charge in [-0.25, -0.2) is 0 Å². The molecule has 0 fully saturated rings. The fraction of sp³-hybridized carbons (Fsp3) is 0.143. The monoisotopic (exact) mass is 297 g/mol. The number of nitro benzene ring substituents is 1. The molecule has 0 spiro atoms. The van der Waals surface area contributed by atoms with E-state index in [0.29, 0.717) is 11.4 Å². The maximum atomic E-state index is 10.3. The molecular formula is C14H13Cl2NO2. The first-order chi connectivity index (χ1) is 9.19. The lowest BCUT2D eigenvalue weighted by Gasteiger charge is -1.95. The third-order valence-electron chi connectivity index (χ3n) is 2.33.